The lowest BCUT2D eigenvalue weighted by Gasteiger charge is -2.54. The summed E-state index contributed by atoms with van der Waals surface area (Å²) >= 11 is 0. The molecule has 6 bridgehead atoms. The van der Waals surface area contributed by atoms with E-state index in [0.29, 0.717) is 57.3 Å². The van der Waals surface area contributed by atoms with Gasteiger partial charge in [0.1, 0.15) is 53.9 Å². The van der Waals surface area contributed by atoms with Crippen LogP contribution in [0.25, 0.3) is 0 Å². The Hall–Kier alpha value is -6.91. The molecule has 5 saturated heterocycles. The van der Waals surface area contributed by atoms with Gasteiger partial charge in [0, 0.05) is 89.6 Å². The fourth-order valence-electron chi connectivity index (χ4n) is 18.8. The molecule has 29 heteroatoms. The number of hydrogen-bond acceptors (Lipinski definition) is 14. The summed E-state index contributed by atoms with van der Waals surface area (Å²) < 4.78 is 54.7. The van der Waals surface area contributed by atoms with Crippen LogP contribution in [0.1, 0.15) is 202 Å². The summed E-state index contributed by atoms with van der Waals surface area (Å²) in [5.74, 6) is -10.4. The summed E-state index contributed by atoms with van der Waals surface area (Å²) in [6.45, 7) is 8.27. The lowest BCUT2D eigenvalue weighted by Crippen LogP contribution is -2.71. The highest BCUT2D eigenvalue weighted by Gasteiger charge is 2.60. The Bertz CT molecular complexity index is 3210. The first-order chi connectivity index (χ1) is 50.5. The Kier molecular flexibility index (Phi) is 29.8. The molecule has 6 heterocycles. The highest BCUT2D eigenvalue weighted by Crippen LogP contribution is 2.50. The lowest BCUT2D eigenvalue weighted by atomic mass is 9.58. The van der Waals surface area contributed by atoms with Gasteiger partial charge in [0.25, 0.3) is 0 Å². The van der Waals surface area contributed by atoms with Crippen LogP contribution in [0, 0.1) is 40.9 Å². The molecule has 10 aliphatic rings. The molecule has 0 aromatic heterocycles. The van der Waals surface area contributed by atoms with Crippen LogP contribution in [-0.2, 0) is 67.0 Å². The molecule has 0 radical (unpaired) electrons. The monoisotopic (exact) mass is 1510 g/mol. The smallest absolute Gasteiger partial charge is 0.381 e. The van der Waals surface area contributed by atoms with Crippen LogP contribution in [0.15, 0.2) is 12.2 Å². The lowest BCUT2D eigenvalue weighted by molar-refractivity contribution is -0.215. The van der Waals surface area contributed by atoms with E-state index in [-0.39, 0.29) is 102 Å². The molecule has 0 aromatic rings. The Labute approximate surface area is 631 Å². The van der Waals surface area contributed by atoms with E-state index < -0.39 is 186 Å². The van der Waals surface area contributed by atoms with Crippen LogP contribution in [0.2, 0.25) is 0 Å². The van der Waals surface area contributed by atoms with Crippen molar-refractivity contribution in [1.29, 1.82) is 0 Å². The van der Waals surface area contributed by atoms with Crippen molar-refractivity contribution in [2.45, 2.75) is 274 Å². The summed E-state index contributed by atoms with van der Waals surface area (Å²) in [7, 11) is 13.0. The average molecular weight is 1510 g/mol. The molecule has 26 nitrogen and oxygen atoms in total. The summed E-state index contributed by atoms with van der Waals surface area (Å²) in [6.07, 6.45) is 6.43. The van der Waals surface area contributed by atoms with Gasteiger partial charge in [-0.15, -0.1) is 0 Å². The number of carbonyl (C=O) groups excluding carboxylic acids is 12. The fourth-order valence-corrected chi connectivity index (χ4v) is 18.8. The minimum atomic E-state index is -4.52. The van der Waals surface area contributed by atoms with Crippen molar-refractivity contribution in [2.75, 3.05) is 96.3 Å². The zero-order valence-electron chi connectivity index (χ0n) is 66.2. The zero-order chi connectivity index (χ0) is 78.7. The maximum absolute atomic E-state index is 15.9. The number of fused-ring (bicyclic) bond motifs is 22. The predicted octanol–water partition coefficient (Wildman–Crippen LogP) is 6.07. The van der Waals surface area contributed by atoms with Gasteiger partial charge in [-0.2, -0.15) is 13.2 Å². The van der Waals surface area contributed by atoms with E-state index in [4.69, 9.17) is 9.47 Å². The summed E-state index contributed by atoms with van der Waals surface area (Å²) in [5.41, 5.74) is -2.17. The van der Waals surface area contributed by atoms with Gasteiger partial charge in [-0.3, -0.25) is 57.5 Å². The number of halogens is 3. The van der Waals surface area contributed by atoms with E-state index in [9.17, 15) is 27.6 Å². The van der Waals surface area contributed by atoms with Crippen molar-refractivity contribution in [1.82, 2.24) is 60.0 Å². The number of hydrogen-bond donors (Lipinski definition) is 3. The Balaban J connectivity index is 1.25. The highest BCUT2D eigenvalue weighted by atomic mass is 19.4. The van der Waals surface area contributed by atoms with Crippen LogP contribution < -0.4 is 16.0 Å². The van der Waals surface area contributed by atoms with Crippen LogP contribution in [0.5, 0.6) is 0 Å². The third-order valence-electron chi connectivity index (χ3n) is 25.2. The third-order valence-corrected chi connectivity index (χ3v) is 25.2. The molecule has 107 heavy (non-hydrogen) atoms. The van der Waals surface area contributed by atoms with E-state index in [2.05, 4.69) is 16.0 Å². The second kappa shape index (κ2) is 37.2. The van der Waals surface area contributed by atoms with Crippen molar-refractivity contribution in [2.24, 2.45) is 40.9 Å². The molecule has 3 unspecified atom stereocenters. The molecule has 12 amide bonds. The SMILES string of the molecule is CCO[C@@H]1C[C@H]2C(=O)NC3(CC(C)(C)C3)C(=O)N(C)[C@@H](C3CCCC3)C(=O)N(C)[C@H](C(=O)N(C)C)CC(=O)N(C)[C@H]3CCCCCC4CCC(CC4)C[C@@H](C(=O)N(C)CC(=O)N[C@@H](CCC4CCC(C(F)(F)F)C(OC)C4)C(=O)N2C1)N1CC/C=C\C[C@@H](C1=O)N(C)C(=O)CN(C)C(=O)[C@H]([C@@H](C)CC)NC3=O. The van der Waals surface area contributed by atoms with Gasteiger partial charge in [0.15, 0.2) is 0 Å². The van der Waals surface area contributed by atoms with Crippen molar-refractivity contribution in [3.8, 4) is 0 Å². The van der Waals surface area contributed by atoms with Crippen LogP contribution in [-0.4, -0.2) is 284 Å². The van der Waals surface area contributed by atoms with Gasteiger partial charge in [0.05, 0.1) is 37.6 Å². The first-order valence-electron chi connectivity index (χ1n) is 39.6. The molecule has 6 aliphatic heterocycles. The summed E-state index contributed by atoms with van der Waals surface area (Å²) in [6, 6.07) is -10.1. The van der Waals surface area contributed by atoms with E-state index in [1.165, 1.54) is 108 Å². The fraction of sp³-hybridized carbons (Fsp3) is 0.821. The summed E-state index contributed by atoms with van der Waals surface area (Å²) in [4.78, 5) is 195. The molecule has 4 aliphatic carbocycles. The van der Waals surface area contributed by atoms with Gasteiger partial charge in [0.2, 0.25) is 70.9 Å². The number of rotatable bonds is 10. The Morgan fingerprint density at radius 1 is 0.636 bits per heavy atom. The summed E-state index contributed by atoms with van der Waals surface area (Å²) in [5, 5.41) is 8.99. The molecule has 3 N–H and O–H groups in total. The second-order valence-corrected chi connectivity index (χ2v) is 33.6. The maximum atomic E-state index is 15.9. The average Bonchev–Trinajstić information content (AvgIpc) is 1.38. The molecular formula is C78H125F3N12O14. The number of carbonyl (C=O) groups is 12. The molecular weight excluding hydrogens is 1390 g/mol. The maximum Gasteiger partial charge on any atom is 0.394 e. The minimum absolute atomic E-state index is 0.0139. The van der Waals surface area contributed by atoms with Gasteiger partial charge < -0.3 is 69.5 Å². The van der Waals surface area contributed by atoms with E-state index in [1.54, 1.807) is 19.9 Å². The van der Waals surface area contributed by atoms with Gasteiger partial charge >= 0.3 is 6.18 Å². The third kappa shape index (κ3) is 20.8. The van der Waals surface area contributed by atoms with Crippen molar-refractivity contribution >= 4 is 70.9 Å². The standard InChI is InChI=1S/C78H125F3N12O14/c1-15-48(3)65-73(103)87(9)45-64(96)89(11)57-29-21-18-24-38-92(72(57)102)60-39-50-32-30-49(31-33-50)25-19-17-20-28-56(67(97)83-65)88(10)63(95)42-59(70(100)85(6)7)90(12)74(104)66(52-26-22-23-27-52)91(13)75(105)77(46-76(4,5)47-77)84-68(98)58-41-53(107-16-2)43-93(58)69(99)55(82-62(94)44-86(8)71(60)101)37-35-51-34-36-54(78(79,80)81)61(40-51)106-14/h18,21,48-61,65-66H,15-17,19-20,22-47H2,1-14H3,(H,82,94)(H,83,97)(H,84,98)/b21-18-/t48-,49?,50?,51?,53+,54?,55-,56-,57-,58-,59-,60-,61?,65-,66-/m0/s1. The zero-order valence-corrected chi connectivity index (χ0v) is 66.2. The molecule has 4 saturated carbocycles. The van der Waals surface area contributed by atoms with Crippen molar-refractivity contribution in [3.05, 3.63) is 12.2 Å². The number of alkyl halides is 3. The number of ether oxygens (including phenoxy) is 2. The molecule has 10 rings (SSSR count). The first kappa shape index (κ1) is 85.7. The van der Waals surface area contributed by atoms with Crippen molar-refractivity contribution < 1.29 is 80.2 Å². The first-order valence-corrected chi connectivity index (χ1v) is 39.6. The number of amides is 12. The van der Waals surface area contributed by atoms with Gasteiger partial charge in [-0.05, 0) is 125 Å². The van der Waals surface area contributed by atoms with Crippen molar-refractivity contribution in [3.63, 3.8) is 0 Å². The second-order valence-electron chi connectivity index (χ2n) is 33.6. The minimum Gasteiger partial charge on any atom is -0.381 e. The van der Waals surface area contributed by atoms with Gasteiger partial charge in [-0.1, -0.05) is 110 Å². The number of likely N-dealkylation sites (N-methyl/N-ethyl adjacent to an activating group) is 7. The highest BCUT2D eigenvalue weighted by molar-refractivity contribution is 6.01. The predicted molar refractivity (Wildman–Crippen MR) is 393 cm³/mol. The quantitative estimate of drug-likeness (QED) is 0.165. The van der Waals surface area contributed by atoms with Crippen LogP contribution >= 0.6 is 0 Å². The Morgan fingerprint density at radius 2 is 1.27 bits per heavy atom. The number of nitrogens with one attached hydrogen (secondary N) is 3. The van der Waals surface area contributed by atoms with Crippen LogP contribution in [0.3, 0.4) is 0 Å². The number of methoxy groups -OCH3 is 1. The largest absolute Gasteiger partial charge is 0.394 e. The Morgan fingerprint density at radius 3 is 1.90 bits per heavy atom. The van der Waals surface area contributed by atoms with Gasteiger partial charge in [-0.25, -0.2) is 0 Å². The normalized spacial score (nSPS) is 32.6. The number of nitrogens with zero attached hydrogens (tertiary/aromatic N) is 9. The van der Waals surface area contributed by atoms with E-state index in [1.807, 2.05) is 26.8 Å². The van der Waals surface area contributed by atoms with Crippen LogP contribution in [0.4, 0.5) is 13.2 Å². The molecule has 602 valence electrons. The molecule has 1 spiro atoms. The van der Waals surface area contributed by atoms with E-state index >= 15 is 43.2 Å². The van der Waals surface area contributed by atoms with E-state index in [0.717, 1.165) is 38.5 Å². The topological polar surface area (TPSA) is 289 Å². The molecule has 0 aromatic carbocycles. The molecule has 13 atom stereocenters. The molecule has 9 fully saturated rings.